The lowest BCUT2D eigenvalue weighted by Crippen LogP contribution is -2.30. The van der Waals surface area contributed by atoms with Gasteiger partial charge in [0.05, 0.1) is 0 Å². The predicted octanol–water partition coefficient (Wildman–Crippen LogP) is 23.5. The van der Waals surface area contributed by atoms with Gasteiger partial charge in [-0.2, -0.15) is 0 Å². The molecule has 0 amide bonds. The number of rotatable bonds is 63. The zero-order chi connectivity index (χ0) is 56.4. The third-order valence-electron chi connectivity index (χ3n) is 15.3. The van der Waals surface area contributed by atoms with Gasteiger partial charge < -0.3 is 14.2 Å². The Morgan fingerprint density at radius 2 is 0.500 bits per heavy atom. The molecule has 0 N–H and O–H groups in total. The first-order valence-electron chi connectivity index (χ1n) is 34.3. The summed E-state index contributed by atoms with van der Waals surface area (Å²) in [6.45, 7) is 6.58. The molecule has 0 aromatic carbocycles. The van der Waals surface area contributed by atoms with Crippen LogP contribution in [-0.2, 0) is 28.6 Å². The molecule has 0 saturated heterocycles. The summed E-state index contributed by atoms with van der Waals surface area (Å²) in [5, 5.41) is 0. The maximum Gasteiger partial charge on any atom is 0.306 e. The van der Waals surface area contributed by atoms with Crippen molar-refractivity contribution < 1.29 is 28.6 Å². The Hall–Kier alpha value is -2.89. The van der Waals surface area contributed by atoms with Gasteiger partial charge in [0.25, 0.3) is 0 Å². The zero-order valence-electron chi connectivity index (χ0n) is 52.2. The van der Waals surface area contributed by atoms with Crippen molar-refractivity contribution in [2.24, 2.45) is 0 Å². The van der Waals surface area contributed by atoms with Gasteiger partial charge in [0.15, 0.2) is 6.10 Å². The molecule has 0 radical (unpaired) electrons. The average Bonchev–Trinajstić information content (AvgIpc) is 3.44. The quantitative estimate of drug-likeness (QED) is 0.0261. The van der Waals surface area contributed by atoms with E-state index in [0.717, 1.165) is 89.9 Å². The molecule has 1 unspecified atom stereocenters. The van der Waals surface area contributed by atoms with Crippen molar-refractivity contribution in [3.63, 3.8) is 0 Å². The normalized spacial score (nSPS) is 12.4. The Morgan fingerprint density at radius 1 is 0.269 bits per heavy atom. The monoisotopic (exact) mass is 1090 g/mol. The number of hydrogen-bond acceptors (Lipinski definition) is 6. The Balaban J connectivity index is 4.27. The minimum Gasteiger partial charge on any atom is -0.462 e. The van der Waals surface area contributed by atoms with Crippen molar-refractivity contribution in [2.45, 2.75) is 367 Å². The highest BCUT2D eigenvalue weighted by Crippen LogP contribution is 2.18. The maximum absolute atomic E-state index is 12.9. The highest BCUT2D eigenvalue weighted by Gasteiger charge is 2.19. The van der Waals surface area contributed by atoms with E-state index in [1.165, 1.54) is 231 Å². The largest absolute Gasteiger partial charge is 0.462 e. The molecule has 0 saturated carbocycles. The number of unbranched alkanes of at least 4 members (excludes halogenated alkanes) is 42. The molecular formula is C72H130O6. The summed E-state index contributed by atoms with van der Waals surface area (Å²) in [5.41, 5.74) is 0. The summed E-state index contributed by atoms with van der Waals surface area (Å²) in [7, 11) is 0. The summed E-state index contributed by atoms with van der Waals surface area (Å²) in [6.07, 6.45) is 85.2. The van der Waals surface area contributed by atoms with E-state index in [4.69, 9.17) is 14.2 Å². The zero-order valence-corrected chi connectivity index (χ0v) is 52.2. The van der Waals surface area contributed by atoms with E-state index in [1.54, 1.807) is 0 Å². The van der Waals surface area contributed by atoms with E-state index in [2.05, 4.69) is 81.5 Å². The van der Waals surface area contributed by atoms with Crippen molar-refractivity contribution in [1.29, 1.82) is 0 Å². The van der Waals surface area contributed by atoms with Crippen LogP contribution in [0, 0.1) is 0 Å². The van der Waals surface area contributed by atoms with Crippen LogP contribution in [0.1, 0.15) is 361 Å². The van der Waals surface area contributed by atoms with Gasteiger partial charge >= 0.3 is 17.9 Å². The minimum atomic E-state index is -0.776. The van der Waals surface area contributed by atoms with Gasteiger partial charge in [-0.1, -0.05) is 319 Å². The van der Waals surface area contributed by atoms with Crippen LogP contribution in [0.25, 0.3) is 0 Å². The van der Waals surface area contributed by atoms with E-state index in [9.17, 15) is 14.4 Å². The van der Waals surface area contributed by atoms with Gasteiger partial charge in [0.2, 0.25) is 0 Å². The molecule has 0 aliphatic heterocycles. The Labute approximate surface area is 485 Å². The molecule has 0 aromatic rings. The van der Waals surface area contributed by atoms with Gasteiger partial charge in [-0.25, -0.2) is 0 Å². The number of carbonyl (C=O) groups is 3. The summed E-state index contributed by atoms with van der Waals surface area (Å²) in [5.74, 6) is -0.857. The second-order valence-electron chi connectivity index (χ2n) is 23.1. The maximum atomic E-state index is 12.9. The second-order valence-corrected chi connectivity index (χ2v) is 23.1. The molecular weight excluding hydrogens is 961 g/mol. The third-order valence-corrected chi connectivity index (χ3v) is 15.3. The topological polar surface area (TPSA) is 78.9 Å². The van der Waals surface area contributed by atoms with Crippen LogP contribution in [0.5, 0.6) is 0 Å². The van der Waals surface area contributed by atoms with Crippen molar-refractivity contribution in [2.75, 3.05) is 13.2 Å². The van der Waals surface area contributed by atoms with Crippen LogP contribution in [0.15, 0.2) is 60.8 Å². The first-order valence-corrected chi connectivity index (χ1v) is 34.3. The van der Waals surface area contributed by atoms with E-state index in [-0.39, 0.29) is 31.1 Å². The van der Waals surface area contributed by atoms with Crippen LogP contribution < -0.4 is 0 Å². The second kappa shape index (κ2) is 66.6. The molecule has 6 heteroatoms. The third kappa shape index (κ3) is 63.9. The molecule has 0 fully saturated rings. The van der Waals surface area contributed by atoms with Crippen LogP contribution in [0.4, 0.5) is 0 Å². The molecule has 0 spiro atoms. The van der Waals surface area contributed by atoms with E-state index in [0.29, 0.717) is 19.3 Å². The predicted molar refractivity (Wildman–Crippen MR) is 339 cm³/mol. The van der Waals surface area contributed by atoms with Crippen molar-refractivity contribution in [3.8, 4) is 0 Å². The Kier molecular flexibility index (Phi) is 64.2. The molecule has 78 heavy (non-hydrogen) atoms. The van der Waals surface area contributed by atoms with Crippen LogP contribution >= 0.6 is 0 Å². The molecule has 1 atom stereocenters. The lowest BCUT2D eigenvalue weighted by atomic mass is 10.0. The number of esters is 3. The molecule has 0 rings (SSSR count). The molecule has 454 valence electrons. The number of allylic oxidation sites excluding steroid dienone is 10. The molecule has 0 aliphatic rings. The van der Waals surface area contributed by atoms with E-state index < -0.39 is 6.10 Å². The van der Waals surface area contributed by atoms with Crippen molar-refractivity contribution in [3.05, 3.63) is 60.8 Å². The lowest BCUT2D eigenvalue weighted by Gasteiger charge is -2.18. The first-order chi connectivity index (χ1) is 38.5. The smallest absolute Gasteiger partial charge is 0.306 e. The summed E-state index contributed by atoms with van der Waals surface area (Å²) < 4.78 is 17.0. The highest BCUT2D eigenvalue weighted by molar-refractivity contribution is 5.71. The Bertz CT molecular complexity index is 1390. The van der Waals surface area contributed by atoms with E-state index >= 15 is 0 Å². The SMILES string of the molecule is CC/C=C\C/C=C\C/C=C\C/C=C\CCCCCCCCCCCCCCCCC(=O)OCC(COC(=O)CCCCCCC/C=C\CCCCCCCCC)OC(=O)CCCCCCCCCCCCCCCCCCC. The van der Waals surface area contributed by atoms with Gasteiger partial charge in [-0.05, 0) is 83.5 Å². The molecule has 0 aromatic heterocycles. The molecule has 0 heterocycles. The fraction of sp³-hybridized carbons (Fsp3) is 0.819. The Morgan fingerprint density at radius 3 is 0.795 bits per heavy atom. The fourth-order valence-corrected chi connectivity index (χ4v) is 10.1. The molecule has 0 bridgehead atoms. The first kappa shape index (κ1) is 75.1. The summed E-state index contributed by atoms with van der Waals surface area (Å²) in [6, 6.07) is 0. The number of carbonyl (C=O) groups excluding carboxylic acids is 3. The lowest BCUT2D eigenvalue weighted by molar-refractivity contribution is -0.167. The summed E-state index contributed by atoms with van der Waals surface area (Å²) >= 11 is 0. The summed E-state index contributed by atoms with van der Waals surface area (Å²) in [4.78, 5) is 38.4. The molecule has 0 aliphatic carbocycles. The van der Waals surface area contributed by atoms with Crippen molar-refractivity contribution in [1.82, 2.24) is 0 Å². The van der Waals surface area contributed by atoms with E-state index in [1.807, 2.05) is 0 Å². The van der Waals surface area contributed by atoms with Gasteiger partial charge in [0.1, 0.15) is 13.2 Å². The van der Waals surface area contributed by atoms with Crippen LogP contribution in [0.3, 0.4) is 0 Å². The highest BCUT2D eigenvalue weighted by atomic mass is 16.6. The number of ether oxygens (including phenoxy) is 3. The van der Waals surface area contributed by atoms with Gasteiger partial charge in [-0.3, -0.25) is 14.4 Å². The molecule has 6 nitrogen and oxygen atoms in total. The number of hydrogen-bond donors (Lipinski definition) is 0. The fourth-order valence-electron chi connectivity index (χ4n) is 10.1. The minimum absolute atomic E-state index is 0.0723. The van der Waals surface area contributed by atoms with Gasteiger partial charge in [-0.15, -0.1) is 0 Å². The van der Waals surface area contributed by atoms with Crippen molar-refractivity contribution >= 4 is 17.9 Å². The van der Waals surface area contributed by atoms with Gasteiger partial charge in [0, 0.05) is 19.3 Å². The average molecular weight is 1090 g/mol. The standard InChI is InChI=1S/C72H130O6/c1-4-7-10-13-16-19-22-25-28-31-32-33-34-35-36-37-38-39-40-42-44-47-50-53-56-59-62-65-71(74)77-68-69(67-76-70(73)64-61-58-55-52-49-46-43-30-27-24-21-18-15-12-9-6-3)78-72(75)66-63-60-57-54-51-48-45-41-29-26-23-20-17-14-11-8-5-2/h7,10,16,19,25,28,30,32-33,43,69H,4-6,8-9,11-15,17-18,20-24,26-27,29,31,34-42,44-68H2,1-3H3/b10-7-,19-16-,28-25-,33-32-,43-30-. The van der Waals surface area contributed by atoms with Crippen LogP contribution in [0.2, 0.25) is 0 Å². The van der Waals surface area contributed by atoms with Crippen LogP contribution in [-0.4, -0.2) is 37.2 Å².